The summed E-state index contributed by atoms with van der Waals surface area (Å²) < 4.78 is 0.117. The molecule has 1 aromatic rings. The zero-order chi connectivity index (χ0) is 10.7. The average Bonchev–Trinajstić information content (AvgIpc) is 2.25. The summed E-state index contributed by atoms with van der Waals surface area (Å²) in [5, 5.41) is 1.82. The lowest BCUT2D eigenvalue weighted by Gasteiger charge is -2.25. The Labute approximate surface area is 93.8 Å². The normalized spacial score (nSPS) is 17.9. The Hall–Kier alpha value is -0.740. The lowest BCUT2D eigenvalue weighted by atomic mass is 10.1. The molecule has 2 heterocycles. The first kappa shape index (κ1) is 10.8. The highest BCUT2D eigenvalue weighted by molar-refractivity contribution is 7.07. The first-order valence-corrected chi connectivity index (χ1v) is 6.31. The van der Waals surface area contributed by atoms with Gasteiger partial charge in [0.2, 0.25) is 0 Å². The fourth-order valence-electron chi connectivity index (χ4n) is 1.92. The van der Waals surface area contributed by atoms with E-state index >= 15 is 0 Å². The van der Waals surface area contributed by atoms with Crippen molar-refractivity contribution in [1.82, 2.24) is 9.88 Å². The molecule has 0 bridgehead atoms. The zero-order valence-electron chi connectivity index (χ0n) is 9.03. The number of aromatic nitrogens is 1. The van der Waals surface area contributed by atoms with Crippen LogP contribution in [0.5, 0.6) is 0 Å². The van der Waals surface area contributed by atoms with Gasteiger partial charge in [-0.3, -0.25) is 14.7 Å². The van der Waals surface area contributed by atoms with E-state index in [1.54, 1.807) is 0 Å². The monoisotopic (exact) mass is 224 g/mol. The minimum Gasteiger partial charge on any atom is -0.297 e. The number of aryl methyl sites for hydroxylation is 1. The molecule has 1 aliphatic rings. The second-order valence-electron chi connectivity index (χ2n) is 4.06. The quantitative estimate of drug-likeness (QED) is 0.768. The maximum atomic E-state index is 11.6. The van der Waals surface area contributed by atoms with Gasteiger partial charge in [-0.15, -0.1) is 0 Å². The lowest BCUT2D eigenvalue weighted by molar-refractivity contribution is 0.218. The average molecular weight is 224 g/mol. The SMILES string of the molecule is Cc1csc(=O)c(CN2CCCCC2)n1. The molecule has 82 valence electrons. The molecule has 15 heavy (non-hydrogen) atoms. The summed E-state index contributed by atoms with van der Waals surface area (Å²) in [6.45, 7) is 4.89. The van der Waals surface area contributed by atoms with Gasteiger partial charge in [-0.05, 0) is 32.9 Å². The smallest absolute Gasteiger partial charge is 0.255 e. The summed E-state index contributed by atoms with van der Waals surface area (Å²) >= 11 is 1.26. The zero-order valence-corrected chi connectivity index (χ0v) is 9.85. The first-order valence-electron chi connectivity index (χ1n) is 5.43. The fraction of sp³-hybridized carbons (Fsp3) is 0.636. The Morgan fingerprint density at radius 2 is 2.13 bits per heavy atom. The Bertz CT molecular complexity index is 382. The van der Waals surface area contributed by atoms with Gasteiger partial charge in [0.15, 0.2) is 0 Å². The van der Waals surface area contributed by atoms with Crippen LogP contribution in [0.15, 0.2) is 10.2 Å². The van der Waals surface area contributed by atoms with E-state index in [1.165, 1.54) is 30.6 Å². The number of nitrogens with zero attached hydrogens (tertiary/aromatic N) is 2. The van der Waals surface area contributed by atoms with Crippen molar-refractivity contribution in [2.45, 2.75) is 32.7 Å². The molecule has 0 aliphatic carbocycles. The van der Waals surface area contributed by atoms with Crippen molar-refractivity contribution in [1.29, 1.82) is 0 Å². The maximum absolute atomic E-state index is 11.6. The standard InChI is InChI=1S/C11H16N2OS/c1-9-8-15-11(14)10(12-9)7-13-5-3-2-4-6-13/h8H,2-7H2,1H3. The van der Waals surface area contributed by atoms with Crippen LogP contribution in [0.4, 0.5) is 0 Å². The molecule has 2 rings (SSSR count). The first-order chi connectivity index (χ1) is 7.25. The van der Waals surface area contributed by atoms with Crippen LogP contribution in [0.3, 0.4) is 0 Å². The molecule has 3 nitrogen and oxygen atoms in total. The van der Waals surface area contributed by atoms with E-state index in [-0.39, 0.29) is 4.74 Å². The van der Waals surface area contributed by atoms with Gasteiger partial charge in [-0.2, -0.15) is 0 Å². The molecule has 0 atom stereocenters. The van der Waals surface area contributed by atoms with E-state index in [0.29, 0.717) is 0 Å². The van der Waals surface area contributed by atoms with E-state index in [0.717, 1.165) is 31.0 Å². The predicted molar refractivity (Wildman–Crippen MR) is 62.2 cm³/mol. The van der Waals surface area contributed by atoms with Crippen molar-refractivity contribution in [3.05, 3.63) is 26.3 Å². The molecule has 1 saturated heterocycles. The van der Waals surface area contributed by atoms with Crippen LogP contribution < -0.4 is 4.74 Å². The van der Waals surface area contributed by atoms with Crippen LogP contribution in [0.1, 0.15) is 30.7 Å². The van der Waals surface area contributed by atoms with Gasteiger partial charge in [-0.1, -0.05) is 17.8 Å². The van der Waals surface area contributed by atoms with Crippen molar-refractivity contribution < 1.29 is 0 Å². The van der Waals surface area contributed by atoms with E-state index < -0.39 is 0 Å². The van der Waals surface area contributed by atoms with E-state index in [4.69, 9.17) is 0 Å². The fourth-order valence-corrected chi connectivity index (χ4v) is 2.50. The third kappa shape index (κ3) is 2.86. The maximum Gasteiger partial charge on any atom is 0.255 e. The summed E-state index contributed by atoms with van der Waals surface area (Å²) in [5.74, 6) is 0. The highest BCUT2D eigenvalue weighted by Crippen LogP contribution is 2.10. The minimum absolute atomic E-state index is 0.117. The van der Waals surface area contributed by atoms with Gasteiger partial charge in [0, 0.05) is 17.6 Å². The Kier molecular flexibility index (Phi) is 3.49. The Morgan fingerprint density at radius 3 is 2.87 bits per heavy atom. The number of piperidine rings is 1. The molecular weight excluding hydrogens is 208 g/mol. The molecular formula is C11H16N2OS. The third-order valence-electron chi connectivity index (χ3n) is 2.71. The van der Waals surface area contributed by atoms with Gasteiger partial charge in [0.25, 0.3) is 4.74 Å². The van der Waals surface area contributed by atoms with Gasteiger partial charge < -0.3 is 0 Å². The molecule has 1 aromatic heterocycles. The molecule has 0 amide bonds. The number of likely N-dealkylation sites (tertiary alicyclic amines) is 1. The van der Waals surface area contributed by atoms with Crippen molar-refractivity contribution >= 4 is 11.3 Å². The summed E-state index contributed by atoms with van der Waals surface area (Å²) in [6.07, 6.45) is 3.83. The highest BCUT2D eigenvalue weighted by atomic mass is 32.1. The van der Waals surface area contributed by atoms with Crippen LogP contribution in [0.25, 0.3) is 0 Å². The highest BCUT2D eigenvalue weighted by Gasteiger charge is 2.13. The van der Waals surface area contributed by atoms with Gasteiger partial charge in [0.05, 0.1) is 0 Å². The number of hydrogen-bond acceptors (Lipinski definition) is 4. The summed E-state index contributed by atoms with van der Waals surface area (Å²) in [4.78, 5) is 18.2. The molecule has 1 fully saturated rings. The van der Waals surface area contributed by atoms with Crippen molar-refractivity contribution in [3.63, 3.8) is 0 Å². The van der Waals surface area contributed by atoms with E-state index in [1.807, 2.05) is 12.3 Å². The number of rotatable bonds is 2. The van der Waals surface area contributed by atoms with Crippen molar-refractivity contribution in [2.24, 2.45) is 0 Å². The van der Waals surface area contributed by atoms with Crippen molar-refractivity contribution in [2.75, 3.05) is 13.1 Å². The topological polar surface area (TPSA) is 33.2 Å². The van der Waals surface area contributed by atoms with Gasteiger partial charge >= 0.3 is 0 Å². The molecule has 0 saturated carbocycles. The molecule has 0 spiro atoms. The second-order valence-corrected chi connectivity index (χ2v) is 4.90. The van der Waals surface area contributed by atoms with Crippen LogP contribution in [-0.2, 0) is 6.54 Å². The number of hydrogen-bond donors (Lipinski definition) is 0. The largest absolute Gasteiger partial charge is 0.297 e. The van der Waals surface area contributed by atoms with Gasteiger partial charge in [0.1, 0.15) is 5.69 Å². The van der Waals surface area contributed by atoms with Crippen molar-refractivity contribution in [3.8, 4) is 0 Å². The Morgan fingerprint density at radius 1 is 1.40 bits per heavy atom. The summed E-state index contributed by atoms with van der Waals surface area (Å²) in [5.41, 5.74) is 1.67. The molecule has 0 unspecified atom stereocenters. The Balaban J connectivity index is 2.09. The van der Waals surface area contributed by atoms with Crippen LogP contribution >= 0.6 is 11.3 Å². The third-order valence-corrected chi connectivity index (χ3v) is 3.61. The summed E-state index contributed by atoms with van der Waals surface area (Å²) in [6, 6.07) is 0. The van der Waals surface area contributed by atoms with Crippen LogP contribution in [-0.4, -0.2) is 23.0 Å². The summed E-state index contributed by atoms with van der Waals surface area (Å²) in [7, 11) is 0. The molecule has 0 N–H and O–H groups in total. The lowest BCUT2D eigenvalue weighted by Crippen LogP contribution is -2.31. The molecule has 0 aromatic carbocycles. The van der Waals surface area contributed by atoms with Crippen LogP contribution in [0.2, 0.25) is 0 Å². The van der Waals surface area contributed by atoms with E-state index in [9.17, 15) is 4.79 Å². The van der Waals surface area contributed by atoms with Gasteiger partial charge in [-0.25, -0.2) is 0 Å². The second kappa shape index (κ2) is 4.86. The van der Waals surface area contributed by atoms with Crippen LogP contribution in [0, 0.1) is 6.92 Å². The predicted octanol–water partition coefficient (Wildman–Crippen LogP) is 1.80. The molecule has 1 aliphatic heterocycles. The molecule has 4 heteroatoms. The van der Waals surface area contributed by atoms with E-state index in [2.05, 4.69) is 9.88 Å². The minimum atomic E-state index is 0.117. The molecule has 0 radical (unpaired) electrons.